The third-order valence-electron chi connectivity index (χ3n) is 2.01. The summed E-state index contributed by atoms with van der Waals surface area (Å²) in [7, 11) is 1.54. The highest BCUT2D eigenvalue weighted by atomic mass is 79.9. The van der Waals surface area contributed by atoms with Crippen LogP contribution in [0.15, 0.2) is 22.7 Å². The summed E-state index contributed by atoms with van der Waals surface area (Å²) in [5.74, 6) is -0.324. The molecule has 78 valence electrons. The first kappa shape index (κ1) is 11.6. The maximum atomic E-state index is 13.6. The van der Waals surface area contributed by atoms with Gasteiger partial charge in [-0.1, -0.05) is 12.1 Å². The molecule has 2 N–H and O–H groups in total. The SMILES string of the molecule is COCC(C)(N)c1cccc(Br)c1F. The van der Waals surface area contributed by atoms with Crippen molar-refractivity contribution in [1.82, 2.24) is 0 Å². The van der Waals surface area contributed by atoms with Crippen LogP contribution in [0.25, 0.3) is 0 Å². The minimum absolute atomic E-state index is 0.278. The highest BCUT2D eigenvalue weighted by molar-refractivity contribution is 9.10. The van der Waals surface area contributed by atoms with Crippen molar-refractivity contribution in [3.63, 3.8) is 0 Å². The number of halogens is 2. The highest BCUT2D eigenvalue weighted by Gasteiger charge is 2.25. The van der Waals surface area contributed by atoms with E-state index in [1.54, 1.807) is 32.2 Å². The molecule has 0 spiro atoms. The summed E-state index contributed by atoms with van der Waals surface area (Å²) < 4.78 is 19.0. The Kier molecular flexibility index (Phi) is 3.64. The predicted octanol–water partition coefficient (Wildman–Crippen LogP) is 2.41. The van der Waals surface area contributed by atoms with Crippen LogP contribution in [0.1, 0.15) is 12.5 Å². The van der Waals surface area contributed by atoms with Crippen molar-refractivity contribution in [2.24, 2.45) is 5.73 Å². The quantitative estimate of drug-likeness (QED) is 0.907. The summed E-state index contributed by atoms with van der Waals surface area (Å²) in [6, 6.07) is 5.06. The molecule has 0 bridgehead atoms. The van der Waals surface area contributed by atoms with Crippen molar-refractivity contribution < 1.29 is 9.13 Å². The first-order chi connectivity index (χ1) is 6.49. The molecule has 2 nitrogen and oxygen atoms in total. The Labute approximate surface area is 91.4 Å². The van der Waals surface area contributed by atoms with Crippen molar-refractivity contribution in [2.45, 2.75) is 12.5 Å². The van der Waals surface area contributed by atoms with Gasteiger partial charge in [0.05, 0.1) is 16.6 Å². The Bertz CT molecular complexity index is 328. The van der Waals surface area contributed by atoms with Crippen LogP contribution in [0.3, 0.4) is 0 Å². The van der Waals surface area contributed by atoms with E-state index in [1.807, 2.05) is 0 Å². The van der Waals surface area contributed by atoms with Crippen molar-refractivity contribution >= 4 is 15.9 Å². The lowest BCUT2D eigenvalue weighted by molar-refractivity contribution is 0.139. The van der Waals surface area contributed by atoms with Crippen LogP contribution in [0, 0.1) is 5.82 Å². The molecule has 4 heteroatoms. The summed E-state index contributed by atoms with van der Waals surface area (Å²) in [5, 5.41) is 0. The topological polar surface area (TPSA) is 35.2 Å². The Morgan fingerprint density at radius 1 is 1.57 bits per heavy atom. The zero-order valence-corrected chi connectivity index (χ0v) is 9.77. The van der Waals surface area contributed by atoms with Crippen molar-refractivity contribution in [2.75, 3.05) is 13.7 Å². The standard InChI is InChI=1S/C10H13BrFNO/c1-10(13,6-14-2)7-4-3-5-8(11)9(7)12/h3-5H,6,13H2,1-2H3. The van der Waals surface area contributed by atoms with Gasteiger partial charge in [-0.25, -0.2) is 4.39 Å². The molecule has 1 aromatic rings. The molecule has 0 radical (unpaired) electrons. The van der Waals surface area contributed by atoms with Crippen LogP contribution in [0.4, 0.5) is 4.39 Å². The van der Waals surface area contributed by atoms with Crippen LogP contribution in [0.2, 0.25) is 0 Å². The number of ether oxygens (including phenoxy) is 1. The first-order valence-corrected chi connectivity index (χ1v) is 5.00. The fourth-order valence-corrected chi connectivity index (χ4v) is 1.69. The Hall–Kier alpha value is -0.450. The molecule has 0 aliphatic carbocycles. The second-order valence-electron chi connectivity index (χ2n) is 3.45. The second-order valence-corrected chi connectivity index (χ2v) is 4.31. The average Bonchev–Trinajstić information content (AvgIpc) is 2.09. The normalized spacial score (nSPS) is 15.2. The van der Waals surface area contributed by atoms with Gasteiger partial charge in [0.2, 0.25) is 0 Å². The molecule has 0 aromatic heterocycles. The second kappa shape index (κ2) is 4.38. The smallest absolute Gasteiger partial charge is 0.142 e. The molecule has 1 atom stereocenters. The average molecular weight is 262 g/mol. The van der Waals surface area contributed by atoms with Gasteiger partial charge < -0.3 is 10.5 Å². The molecule has 14 heavy (non-hydrogen) atoms. The lowest BCUT2D eigenvalue weighted by Gasteiger charge is -2.24. The lowest BCUT2D eigenvalue weighted by Crippen LogP contribution is -2.38. The van der Waals surface area contributed by atoms with Gasteiger partial charge in [-0.15, -0.1) is 0 Å². The molecule has 0 saturated heterocycles. The van der Waals surface area contributed by atoms with Gasteiger partial charge in [0.15, 0.2) is 0 Å². The third kappa shape index (κ3) is 2.32. The molecule has 1 rings (SSSR count). The van der Waals surface area contributed by atoms with E-state index >= 15 is 0 Å². The van der Waals surface area contributed by atoms with Gasteiger partial charge in [0, 0.05) is 12.7 Å². The van der Waals surface area contributed by atoms with E-state index in [0.29, 0.717) is 10.0 Å². The minimum Gasteiger partial charge on any atom is -0.382 e. The highest BCUT2D eigenvalue weighted by Crippen LogP contribution is 2.26. The van der Waals surface area contributed by atoms with Crippen molar-refractivity contribution in [3.8, 4) is 0 Å². The molecule has 0 aliphatic heterocycles. The third-order valence-corrected chi connectivity index (χ3v) is 2.62. The molecular weight excluding hydrogens is 249 g/mol. The molecule has 0 heterocycles. The molecule has 0 saturated carbocycles. The number of methoxy groups -OCH3 is 1. The lowest BCUT2D eigenvalue weighted by atomic mass is 9.94. The Balaban J connectivity index is 3.12. The van der Waals surface area contributed by atoms with E-state index in [4.69, 9.17) is 10.5 Å². The summed E-state index contributed by atoms with van der Waals surface area (Å²) in [6.07, 6.45) is 0. The Morgan fingerprint density at radius 2 is 2.21 bits per heavy atom. The Morgan fingerprint density at radius 3 is 2.79 bits per heavy atom. The van der Waals surface area contributed by atoms with Gasteiger partial charge >= 0.3 is 0 Å². The zero-order valence-electron chi connectivity index (χ0n) is 8.18. The molecule has 0 amide bonds. The number of nitrogens with two attached hydrogens (primary N) is 1. The maximum Gasteiger partial charge on any atom is 0.142 e. The molecule has 1 aromatic carbocycles. The zero-order chi connectivity index (χ0) is 10.8. The van der Waals surface area contributed by atoms with E-state index in [-0.39, 0.29) is 12.4 Å². The van der Waals surface area contributed by atoms with E-state index in [0.717, 1.165) is 0 Å². The van der Waals surface area contributed by atoms with Gasteiger partial charge in [-0.3, -0.25) is 0 Å². The molecule has 0 aliphatic rings. The molecular formula is C10H13BrFNO. The minimum atomic E-state index is -0.803. The number of hydrogen-bond acceptors (Lipinski definition) is 2. The maximum absolute atomic E-state index is 13.6. The van der Waals surface area contributed by atoms with Gasteiger partial charge in [-0.2, -0.15) is 0 Å². The van der Waals surface area contributed by atoms with Gasteiger partial charge in [-0.05, 0) is 28.9 Å². The fourth-order valence-electron chi connectivity index (χ4n) is 1.32. The first-order valence-electron chi connectivity index (χ1n) is 4.21. The van der Waals surface area contributed by atoms with Crippen molar-refractivity contribution in [3.05, 3.63) is 34.1 Å². The van der Waals surface area contributed by atoms with E-state index in [2.05, 4.69) is 15.9 Å². The summed E-state index contributed by atoms with van der Waals surface area (Å²) in [5.41, 5.74) is 5.58. The monoisotopic (exact) mass is 261 g/mol. The van der Waals surface area contributed by atoms with E-state index in [9.17, 15) is 4.39 Å². The van der Waals surface area contributed by atoms with E-state index < -0.39 is 5.54 Å². The largest absolute Gasteiger partial charge is 0.382 e. The van der Waals surface area contributed by atoms with Crippen LogP contribution in [-0.2, 0) is 10.3 Å². The predicted molar refractivity (Wildman–Crippen MR) is 57.5 cm³/mol. The van der Waals surface area contributed by atoms with Crippen LogP contribution < -0.4 is 5.73 Å². The number of hydrogen-bond donors (Lipinski definition) is 1. The summed E-state index contributed by atoms with van der Waals surface area (Å²) in [6.45, 7) is 2.02. The summed E-state index contributed by atoms with van der Waals surface area (Å²) in [4.78, 5) is 0. The van der Waals surface area contributed by atoms with Crippen molar-refractivity contribution in [1.29, 1.82) is 0 Å². The van der Waals surface area contributed by atoms with Gasteiger partial charge in [0.1, 0.15) is 5.82 Å². The molecule has 1 unspecified atom stereocenters. The van der Waals surface area contributed by atoms with Crippen LogP contribution in [0.5, 0.6) is 0 Å². The summed E-state index contributed by atoms with van der Waals surface area (Å²) >= 11 is 3.12. The van der Waals surface area contributed by atoms with E-state index in [1.165, 1.54) is 0 Å². The molecule has 0 fully saturated rings. The fraction of sp³-hybridized carbons (Fsp3) is 0.400. The number of rotatable bonds is 3. The van der Waals surface area contributed by atoms with Gasteiger partial charge in [0.25, 0.3) is 0 Å². The van der Waals surface area contributed by atoms with Crippen LogP contribution >= 0.6 is 15.9 Å². The number of benzene rings is 1. The van der Waals surface area contributed by atoms with Crippen LogP contribution in [-0.4, -0.2) is 13.7 Å².